The van der Waals surface area contributed by atoms with Crippen LogP contribution in [0.3, 0.4) is 0 Å². The van der Waals surface area contributed by atoms with Crippen LogP contribution in [-0.4, -0.2) is 14.1 Å². The third-order valence-corrected chi connectivity index (χ3v) is 17.1. The summed E-state index contributed by atoms with van der Waals surface area (Å²) in [4.78, 5) is 4.93. The molecule has 13 rings (SSSR count). The average Bonchev–Trinajstić information content (AvgIpc) is 2.42. The summed E-state index contributed by atoms with van der Waals surface area (Å²) in [5, 5.41) is 2.21. The second kappa shape index (κ2) is 17.7. The molecule has 0 spiro atoms. The van der Waals surface area contributed by atoms with Crippen LogP contribution in [-0.2, 0) is 27.1 Å². The number of nitrogens with zero attached hydrogens (tertiary/aromatic N) is 4. The quantitative estimate of drug-likeness (QED) is 0.127. The van der Waals surface area contributed by atoms with Gasteiger partial charge in [-0.3, -0.25) is 13.7 Å². The maximum atomic E-state index is 9.42. The van der Waals surface area contributed by atoms with Gasteiger partial charge in [-0.05, 0) is 173 Å². The van der Waals surface area contributed by atoms with Crippen molar-refractivity contribution in [3.05, 3.63) is 210 Å². The van der Waals surface area contributed by atoms with Crippen LogP contribution in [0.25, 0.3) is 94.5 Å². The number of ether oxygens (including phenoxy) is 1. The summed E-state index contributed by atoms with van der Waals surface area (Å²) in [5.41, 5.74) is 17.7. The highest BCUT2D eigenvalue weighted by atomic mass is 16.5. The molecule has 5 nitrogen and oxygen atoms in total. The average molecular weight is 1040 g/mol. The van der Waals surface area contributed by atoms with Crippen LogP contribution < -0.4 is 9.30 Å². The highest BCUT2D eigenvalue weighted by molar-refractivity contribution is 6.09. The van der Waals surface area contributed by atoms with E-state index >= 15 is 0 Å². The largest absolute Gasteiger partial charge is 0.458 e. The summed E-state index contributed by atoms with van der Waals surface area (Å²) in [6.07, 6.45) is 8.02. The van der Waals surface area contributed by atoms with Crippen LogP contribution in [0, 0.1) is 6.33 Å². The maximum absolute atomic E-state index is 9.42. The number of fused-ring (bicyclic) bond motifs is 11. The molecule has 79 heavy (non-hydrogen) atoms. The van der Waals surface area contributed by atoms with Crippen molar-refractivity contribution in [2.45, 2.75) is 130 Å². The zero-order chi connectivity index (χ0) is 59.5. The fraction of sp³-hybridized carbons (Fsp3) is 0.270. The summed E-state index contributed by atoms with van der Waals surface area (Å²) in [6, 6.07) is 47.8. The molecule has 0 saturated carbocycles. The topological polar surface area (TPSA) is 35.9 Å². The Morgan fingerprint density at radius 3 is 1.87 bits per heavy atom. The van der Waals surface area contributed by atoms with E-state index in [0.29, 0.717) is 17.1 Å². The zero-order valence-electron chi connectivity index (χ0n) is 53.0. The van der Waals surface area contributed by atoms with Gasteiger partial charge in [0.1, 0.15) is 17.3 Å². The Bertz CT molecular complexity index is 4570. The van der Waals surface area contributed by atoms with Gasteiger partial charge in [0.05, 0.1) is 40.3 Å². The Labute approximate surface area is 474 Å². The van der Waals surface area contributed by atoms with Crippen molar-refractivity contribution in [2.75, 3.05) is 0 Å². The van der Waals surface area contributed by atoms with E-state index in [1.54, 1.807) is 0 Å². The van der Waals surface area contributed by atoms with Crippen molar-refractivity contribution in [3.8, 4) is 73.2 Å². The van der Waals surface area contributed by atoms with Gasteiger partial charge in [0, 0.05) is 23.0 Å². The predicted molar refractivity (Wildman–Crippen MR) is 329 cm³/mol. The zero-order valence-corrected chi connectivity index (χ0v) is 48.0. The van der Waals surface area contributed by atoms with Gasteiger partial charge in [0.15, 0.2) is 0 Å². The highest BCUT2D eigenvalue weighted by Crippen LogP contribution is 2.53. The Morgan fingerprint density at radius 1 is 0.532 bits per heavy atom. The molecule has 0 amide bonds. The molecule has 1 aliphatic carbocycles. The van der Waals surface area contributed by atoms with Crippen LogP contribution in [0.15, 0.2) is 176 Å². The first-order valence-electron chi connectivity index (χ1n) is 30.5. The lowest BCUT2D eigenvalue weighted by molar-refractivity contribution is -0.572. The molecule has 11 aromatic rings. The van der Waals surface area contributed by atoms with Crippen molar-refractivity contribution in [1.29, 1.82) is 0 Å². The van der Waals surface area contributed by atoms with E-state index in [4.69, 9.17) is 13.8 Å². The van der Waals surface area contributed by atoms with Gasteiger partial charge in [0.2, 0.25) is 0 Å². The van der Waals surface area contributed by atoms with Gasteiger partial charge >= 0.3 is 0 Å². The van der Waals surface area contributed by atoms with Crippen molar-refractivity contribution in [2.24, 2.45) is 0 Å². The molecule has 0 unspecified atom stereocenters. The van der Waals surface area contributed by atoms with E-state index in [2.05, 4.69) is 213 Å². The number of benzene rings is 8. The molecule has 5 heteroatoms. The molecule has 2 aliphatic rings. The SMILES string of the molecule is [2H]c1c([2H])c([2H])c(-c2cc3c4c(c2)n(-c2cccc(Oc5ccc6c7ccccc7n(-c7cc(C(C)(C)C)ccn7)c6c5)c2)[c-][n+]4-c2c(cc(C(C)(C)C)cc2C(C)(C)C)-c2cc4c(cc2-c2ccccc2-3)C(C)(C)CCC4(C)C)c([2H])c1[2H]. The van der Waals surface area contributed by atoms with E-state index in [0.717, 1.165) is 102 Å². The van der Waals surface area contributed by atoms with E-state index in [1.807, 2.05) is 42.6 Å². The molecular formula is C74H72N4O. The second-order valence-corrected chi connectivity index (χ2v) is 26.6. The Kier molecular flexibility index (Phi) is 10.1. The van der Waals surface area contributed by atoms with Gasteiger partial charge in [-0.15, -0.1) is 0 Å². The smallest absolute Gasteiger partial charge is 0.269 e. The van der Waals surface area contributed by atoms with Gasteiger partial charge < -0.3 is 4.74 Å². The van der Waals surface area contributed by atoms with E-state index < -0.39 is 6.04 Å². The molecule has 4 heterocycles. The minimum absolute atomic E-state index is 0.0748. The Hall–Kier alpha value is -8.02. The summed E-state index contributed by atoms with van der Waals surface area (Å²) in [6.45, 7) is 30.0. The van der Waals surface area contributed by atoms with Crippen LogP contribution in [0.5, 0.6) is 11.5 Å². The van der Waals surface area contributed by atoms with E-state index in [-0.39, 0.29) is 56.8 Å². The normalized spacial score (nSPS) is 15.6. The van der Waals surface area contributed by atoms with Crippen LogP contribution in [0.4, 0.5) is 0 Å². The second-order valence-electron chi connectivity index (χ2n) is 26.6. The Morgan fingerprint density at radius 2 is 1.18 bits per heavy atom. The monoisotopic (exact) mass is 1040 g/mol. The van der Waals surface area contributed by atoms with Gasteiger partial charge in [0.25, 0.3) is 6.33 Å². The first kappa shape index (κ1) is 44.9. The van der Waals surface area contributed by atoms with E-state index in [9.17, 15) is 2.74 Å². The molecular weight excluding hydrogens is 961 g/mol. The molecule has 394 valence electrons. The summed E-state index contributed by atoms with van der Waals surface area (Å²) in [7, 11) is 0. The number of rotatable bonds is 5. The van der Waals surface area contributed by atoms with E-state index in [1.165, 1.54) is 22.3 Å². The predicted octanol–water partition coefficient (Wildman–Crippen LogP) is 19.2. The van der Waals surface area contributed by atoms with Crippen LogP contribution in [0.2, 0.25) is 0 Å². The Balaban J connectivity index is 1.11. The van der Waals surface area contributed by atoms with Gasteiger partial charge in [-0.2, -0.15) is 0 Å². The lowest BCUT2D eigenvalue weighted by atomic mass is 9.62. The fourth-order valence-corrected chi connectivity index (χ4v) is 12.5. The molecule has 0 radical (unpaired) electrons. The number of hydrogen-bond donors (Lipinski definition) is 0. The lowest BCUT2D eigenvalue weighted by Crippen LogP contribution is -2.36. The lowest BCUT2D eigenvalue weighted by Gasteiger charge is -2.43. The first-order chi connectivity index (χ1) is 39.6. The standard InChI is InChI=1S/C74H72N4O/c1-70(2,3)48-32-35-75-67(40-48)78-64-29-20-19-28-55(64)56-31-30-52(42-65(56)78)79-51-25-21-24-50(41-51)76-45-77-68-60(38-49(71(4,5)6)39-63(68)72(7,8)9)58-44-62-61(73(10,11)33-34-74(62,12)13)43-57(58)53-26-17-18-27-54(53)59-36-47(37-66(76)69(59)77)46-22-15-14-16-23-46/h14-32,35-44H,33-34H2,1-13H3/i14D,15D,16D,22D,23D. The van der Waals surface area contributed by atoms with Crippen LogP contribution in [0.1, 0.15) is 138 Å². The number of pyridine rings is 1. The van der Waals surface area contributed by atoms with Gasteiger partial charge in [-0.1, -0.05) is 193 Å². The van der Waals surface area contributed by atoms with Gasteiger partial charge in [-0.25, -0.2) is 4.98 Å². The third kappa shape index (κ3) is 8.42. The van der Waals surface area contributed by atoms with Crippen molar-refractivity contribution in [1.82, 2.24) is 14.1 Å². The highest BCUT2D eigenvalue weighted by Gasteiger charge is 2.40. The third-order valence-electron chi connectivity index (χ3n) is 17.1. The number of hydrogen-bond acceptors (Lipinski definition) is 2. The summed E-state index contributed by atoms with van der Waals surface area (Å²) >= 11 is 0. The maximum Gasteiger partial charge on any atom is 0.269 e. The van der Waals surface area contributed by atoms with Crippen molar-refractivity contribution >= 4 is 32.8 Å². The minimum Gasteiger partial charge on any atom is -0.458 e. The molecule has 3 aromatic heterocycles. The molecule has 0 N–H and O–H groups in total. The number of imidazole rings is 1. The molecule has 0 fully saturated rings. The van der Waals surface area contributed by atoms with Crippen molar-refractivity contribution in [3.63, 3.8) is 0 Å². The minimum atomic E-state index is -0.434. The fourth-order valence-electron chi connectivity index (χ4n) is 12.5. The first-order valence-corrected chi connectivity index (χ1v) is 28.0. The number of aromatic nitrogens is 4. The molecule has 0 atom stereocenters. The van der Waals surface area contributed by atoms with Crippen LogP contribution >= 0.6 is 0 Å². The summed E-state index contributed by atoms with van der Waals surface area (Å²) in [5.74, 6) is 2.09. The number of para-hydroxylation sites is 1. The molecule has 0 bridgehead atoms. The molecule has 1 aliphatic heterocycles. The molecule has 0 saturated heterocycles. The van der Waals surface area contributed by atoms with Crippen molar-refractivity contribution < 1.29 is 16.2 Å². The summed E-state index contributed by atoms with van der Waals surface area (Å²) < 4.78 is 58.9. The molecule has 8 aromatic carbocycles.